The van der Waals surface area contributed by atoms with E-state index in [1.165, 1.54) is 36.1 Å². The number of carboxylic acid groups (broad SMARTS) is 1. The number of rotatable bonds is 40. The molecule has 0 bridgehead atoms. The van der Waals surface area contributed by atoms with Gasteiger partial charge in [0.05, 0.1) is 30.5 Å². The van der Waals surface area contributed by atoms with Gasteiger partial charge in [0.15, 0.2) is 29.3 Å². The van der Waals surface area contributed by atoms with Crippen molar-refractivity contribution >= 4 is 81.6 Å². The molecule has 27 heteroatoms. The highest BCUT2D eigenvalue weighted by molar-refractivity contribution is 5.99. The number of aromatic amines is 1. The van der Waals surface area contributed by atoms with Gasteiger partial charge >= 0.3 is 5.97 Å². The lowest BCUT2D eigenvalue weighted by Gasteiger charge is -2.29. The zero-order valence-electron chi connectivity index (χ0n) is 50.9. The molecule has 1 aliphatic rings. The summed E-state index contributed by atoms with van der Waals surface area (Å²) in [5.41, 5.74) is 35.3. The van der Waals surface area contributed by atoms with Crippen molar-refractivity contribution in [2.75, 3.05) is 26.2 Å². The Morgan fingerprint density at radius 2 is 1.24 bits per heavy atom. The fraction of sp³-hybridized carbons (Fsp3) is 0.574. The molecule has 1 fully saturated rings. The van der Waals surface area contributed by atoms with Gasteiger partial charge in [-0.25, -0.2) is 0 Å². The smallest absolute Gasteiger partial charge is 0.304 e. The number of nitrogens with zero attached hydrogens (tertiary/aromatic N) is 3. The van der Waals surface area contributed by atoms with Crippen LogP contribution < -0.4 is 55.7 Å². The number of aliphatic imine (C=N–C) groups is 2. The van der Waals surface area contributed by atoms with Gasteiger partial charge in [-0.1, -0.05) is 51.1 Å². The minimum atomic E-state index is -1.76. The second-order valence-electron chi connectivity index (χ2n) is 23.3. The number of H-pyrrole nitrogens is 1. The van der Waals surface area contributed by atoms with E-state index in [0.717, 1.165) is 10.9 Å². The number of Topliss-reactive ketones (excluding diaryl/α,β-unsaturated/α-hetero) is 3. The maximum Gasteiger partial charge on any atom is 0.304 e. The first-order chi connectivity index (χ1) is 41.7. The number of guanidine groups is 2. The molecule has 1 aromatic heterocycles. The van der Waals surface area contributed by atoms with Crippen LogP contribution in [0.3, 0.4) is 0 Å². The van der Waals surface area contributed by atoms with Gasteiger partial charge in [-0.05, 0) is 119 Å². The molecule has 4 rings (SSSR count). The van der Waals surface area contributed by atoms with Crippen molar-refractivity contribution < 1.29 is 63.3 Å². The van der Waals surface area contributed by atoms with Crippen molar-refractivity contribution in [2.24, 2.45) is 74.0 Å². The summed E-state index contributed by atoms with van der Waals surface area (Å²) in [6, 6.07) is 6.38. The van der Waals surface area contributed by atoms with Gasteiger partial charge in [-0.15, -0.1) is 0 Å². The molecule has 0 saturated carbocycles. The number of benzene rings is 2. The number of primary amides is 1. The Morgan fingerprint density at radius 3 is 1.82 bits per heavy atom. The van der Waals surface area contributed by atoms with E-state index in [1.54, 1.807) is 25.3 Å². The van der Waals surface area contributed by atoms with Gasteiger partial charge in [0.1, 0.15) is 23.9 Å². The first-order valence-corrected chi connectivity index (χ1v) is 30.1. The van der Waals surface area contributed by atoms with Crippen molar-refractivity contribution in [3.63, 3.8) is 0 Å². The van der Waals surface area contributed by atoms with E-state index in [9.17, 15) is 63.3 Å². The normalized spacial score (nSPS) is 16.1. The number of nitrogens with two attached hydrogens (primary N) is 6. The molecule has 0 spiro atoms. The molecule has 10 atom stereocenters. The number of carbonyl (C=O) groups excluding carboxylic acids is 9. The average molecular weight is 1230 g/mol. The van der Waals surface area contributed by atoms with Gasteiger partial charge in [0.2, 0.25) is 35.4 Å². The number of ketones is 3. The molecule has 0 aliphatic carbocycles. The number of aromatic nitrogens is 1. The molecule has 6 amide bonds. The van der Waals surface area contributed by atoms with Crippen molar-refractivity contribution in [2.45, 2.75) is 167 Å². The Balaban J connectivity index is 1.61. The second-order valence-corrected chi connectivity index (χ2v) is 23.3. The number of amides is 6. The SMILES string of the molecule is CC(C)C[C@H](CC(=O)[C@H](CCCN=C(N)N)NC(=O)[C@@H](CC(=O)[C@H](CCCCN)NC(=O)[C@H](CC(=O)O)CC(=O)[C@@H](NC(=O)[C@H](Cc1c[nH]c2ccccc12)NC(=O)[C@@H]1CCCN1C(=O)[C@@H](C)CCCN=C(N)N)[C@@H](C)O)Cc1ccc(O)cc1)C(N)=O. The Kier molecular flexibility index (Phi) is 29.5. The van der Waals surface area contributed by atoms with E-state index >= 15 is 0 Å². The number of phenols is 1. The number of hydrogen-bond acceptors (Lipinski definition) is 15. The van der Waals surface area contributed by atoms with Crippen LogP contribution in [0.15, 0.2) is 64.7 Å². The molecule has 2 heterocycles. The number of nitrogens with one attached hydrogen (secondary N) is 5. The predicted molar refractivity (Wildman–Crippen MR) is 330 cm³/mol. The molecule has 1 aliphatic heterocycles. The molecule has 2 aromatic carbocycles. The number of carboxylic acids is 1. The number of hydrogen-bond donors (Lipinski definition) is 14. The van der Waals surface area contributed by atoms with Gasteiger partial charge < -0.3 is 80.9 Å². The molecule has 0 radical (unpaired) electrons. The third-order valence-corrected chi connectivity index (χ3v) is 15.6. The number of aliphatic hydroxyl groups excluding tert-OH is 1. The molecule has 0 unspecified atom stereocenters. The quantitative estimate of drug-likeness (QED) is 0.0210. The molecule has 27 nitrogen and oxygen atoms in total. The number of aromatic hydroxyl groups is 1. The van der Waals surface area contributed by atoms with Crippen molar-refractivity contribution in [3.05, 3.63) is 65.9 Å². The number of aliphatic carboxylic acids is 1. The summed E-state index contributed by atoms with van der Waals surface area (Å²) >= 11 is 0. The minimum absolute atomic E-state index is 0.00180. The van der Waals surface area contributed by atoms with Crippen LogP contribution in [0, 0.1) is 29.6 Å². The fourth-order valence-corrected chi connectivity index (χ4v) is 10.9. The second kappa shape index (κ2) is 36.0. The minimum Gasteiger partial charge on any atom is -0.508 e. The zero-order valence-corrected chi connectivity index (χ0v) is 50.9. The van der Waals surface area contributed by atoms with Gasteiger partial charge in [-0.2, -0.15) is 0 Å². The van der Waals surface area contributed by atoms with E-state index in [2.05, 4.69) is 36.2 Å². The summed E-state index contributed by atoms with van der Waals surface area (Å²) in [5.74, 6) is -12.5. The van der Waals surface area contributed by atoms with E-state index in [0.29, 0.717) is 56.2 Å². The molecule has 20 N–H and O–H groups in total. The highest BCUT2D eigenvalue weighted by Crippen LogP contribution is 2.26. The van der Waals surface area contributed by atoms with E-state index in [4.69, 9.17) is 34.4 Å². The maximum absolute atomic E-state index is 14.6. The van der Waals surface area contributed by atoms with Crippen LogP contribution in [-0.4, -0.2) is 158 Å². The van der Waals surface area contributed by atoms with Crippen molar-refractivity contribution in [1.82, 2.24) is 31.2 Å². The maximum atomic E-state index is 14.6. The van der Waals surface area contributed by atoms with Gasteiger partial charge in [0, 0.05) is 80.2 Å². The lowest BCUT2D eigenvalue weighted by atomic mass is 9.87. The topological polar surface area (TPSA) is 479 Å². The third kappa shape index (κ3) is 23.7. The zero-order chi connectivity index (χ0) is 65.2. The first-order valence-electron chi connectivity index (χ1n) is 30.1. The van der Waals surface area contributed by atoms with Gasteiger partial charge in [0.25, 0.3) is 0 Å². The van der Waals surface area contributed by atoms with E-state index < -0.39 is 132 Å². The van der Waals surface area contributed by atoms with Crippen LogP contribution >= 0.6 is 0 Å². The standard InChI is InChI=1S/C61H92N14O13/c1-34(2)26-38(54(63)83)29-49(78)46(16-10-24-69-61(66)67)72-55(84)39(27-37-18-20-42(77)21-19-37)30-50(79)45(15-7-8-22-62)71-56(85)40(32-52(81)82)31-51(80)53(36(4)76)74-57(86)47(28-41-33-70-44-14-6-5-13-43(41)44)73-58(87)48-17-11-25-75(48)59(88)35(3)12-9-23-68-60(64)65/h5-6,13-14,18-21,33-36,38-40,45-48,53,70,76-77H,7-12,15-17,22-32,62H2,1-4H3,(H2,63,83)(H,71,85)(H,72,84)(H,73,87)(H,74,86)(H,81,82)(H4,64,65,68)(H4,66,67,69)/t35-,36+,38+,39+,40-,45-,46-,47-,48-,53-/m0/s1. The Bertz CT molecular complexity index is 2920. The molecule has 3 aromatic rings. The Morgan fingerprint density at radius 1 is 0.659 bits per heavy atom. The van der Waals surface area contributed by atoms with Crippen LogP contribution in [0.25, 0.3) is 10.9 Å². The number of phenolic OH excluding ortho intramolecular Hbond substituents is 1. The van der Waals surface area contributed by atoms with Crippen LogP contribution in [0.4, 0.5) is 0 Å². The summed E-state index contributed by atoms with van der Waals surface area (Å²) in [4.78, 5) is 152. The third-order valence-electron chi connectivity index (χ3n) is 15.6. The number of carbonyl (C=O) groups is 10. The highest BCUT2D eigenvalue weighted by Gasteiger charge is 2.40. The monoisotopic (exact) mass is 1230 g/mol. The lowest BCUT2D eigenvalue weighted by Crippen LogP contribution is -2.58. The summed E-state index contributed by atoms with van der Waals surface area (Å²) in [6.45, 7) is 7.56. The lowest BCUT2D eigenvalue weighted by molar-refractivity contribution is -0.143. The molecular formula is C61H92N14O13. The summed E-state index contributed by atoms with van der Waals surface area (Å²) in [6.07, 6.45) is 0.0842. The van der Waals surface area contributed by atoms with E-state index in [-0.39, 0.29) is 94.1 Å². The van der Waals surface area contributed by atoms with Crippen LogP contribution in [-0.2, 0) is 60.8 Å². The number of unbranched alkanes of at least 4 members (excludes halogenated alkanes) is 1. The van der Waals surface area contributed by atoms with Crippen LogP contribution in [0.1, 0.15) is 129 Å². The summed E-state index contributed by atoms with van der Waals surface area (Å²) in [5, 5.41) is 42.8. The molecule has 88 heavy (non-hydrogen) atoms. The Hall–Kier alpha value is -8.46. The predicted octanol–water partition coefficient (Wildman–Crippen LogP) is 0.574. The number of fused-ring (bicyclic) bond motifs is 1. The average Bonchev–Trinajstić information content (AvgIpc) is 4.32. The largest absolute Gasteiger partial charge is 0.508 e. The number of para-hydroxylation sites is 1. The first kappa shape index (κ1) is 72.0. The fourth-order valence-electron chi connectivity index (χ4n) is 10.9. The number of likely N-dealkylation sites (tertiary alicyclic amines) is 1. The highest BCUT2D eigenvalue weighted by atomic mass is 16.4. The van der Waals surface area contributed by atoms with Crippen molar-refractivity contribution in [3.8, 4) is 5.75 Å². The number of aliphatic hydroxyl groups is 1. The molecular weight excluding hydrogens is 1140 g/mol. The van der Waals surface area contributed by atoms with Crippen LogP contribution in [0.5, 0.6) is 5.75 Å². The Labute approximate surface area is 512 Å². The summed E-state index contributed by atoms with van der Waals surface area (Å²) < 4.78 is 0. The van der Waals surface area contributed by atoms with Gasteiger partial charge in [-0.3, -0.25) is 57.9 Å². The van der Waals surface area contributed by atoms with Crippen molar-refractivity contribution in [1.29, 1.82) is 0 Å². The molecule has 1 saturated heterocycles. The van der Waals surface area contributed by atoms with E-state index in [1.807, 2.05) is 26.0 Å². The summed E-state index contributed by atoms with van der Waals surface area (Å²) in [7, 11) is 0. The van der Waals surface area contributed by atoms with Crippen LogP contribution in [0.2, 0.25) is 0 Å². The molecule has 484 valence electrons.